The van der Waals surface area contributed by atoms with E-state index in [2.05, 4.69) is 6.07 Å². The number of aryl methyl sites for hydroxylation is 1. The number of aromatic carboxylic acids is 1. The number of carbonyl (C=O) groups is 1. The van der Waals surface area contributed by atoms with Gasteiger partial charge in [0.15, 0.2) is 0 Å². The van der Waals surface area contributed by atoms with Crippen molar-refractivity contribution >= 4 is 29.2 Å². The van der Waals surface area contributed by atoms with Gasteiger partial charge < -0.3 is 9.52 Å². The standard InChI is InChI=1S/C21H14ClNO3/c1-13-2-7-17(22)11-19(13)20-9-8-18(26-20)10-16(12-23)14-3-5-15(6-4-14)21(24)25/h2-11H,1H3,(H,24,25)/b16-10-. The molecule has 3 rings (SSSR count). The molecule has 2 aromatic carbocycles. The van der Waals surface area contributed by atoms with Gasteiger partial charge in [0.2, 0.25) is 0 Å². The lowest BCUT2D eigenvalue weighted by Crippen LogP contribution is -1.95. The van der Waals surface area contributed by atoms with E-state index in [9.17, 15) is 10.1 Å². The largest absolute Gasteiger partial charge is 0.478 e. The van der Waals surface area contributed by atoms with Crippen LogP contribution in [0.15, 0.2) is 59.0 Å². The van der Waals surface area contributed by atoms with Gasteiger partial charge in [0.1, 0.15) is 11.5 Å². The van der Waals surface area contributed by atoms with E-state index in [0.717, 1.165) is 11.1 Å². The van der Waals surface area contributed by atoms with Crippen LogP contribution >= 0.6 is 11.6 Å². The van der Waals surface area contributed by atoms with Gasteiger partial charge in [-0.15, -0.1) is 0 Å². The second kappa shape index (κ2) is 7.30. The van der Waals surface area contributed by atoms with Crippen LogP contribution in [0.3, 0.4) is 0 Å². The van der Waals surface area contributed by atoms with Crippen molar-refractivity contribution in [3.8, 4) is 17.4 Å². The average Bonchev–Trinajstić information content (AvgIpc) is 3.10. The number of allylic oxidation sites excluding steroid dienone is 1. The van der Waals surface area contributed by atoms with Gasteiger partial charge in [-0.2, -0.15) is 5.26 Å². The van der Waals surface area contributed by atoms with E-state index in [-0.39, 0.29) is 5.56 Å². The van der Waals surface area contributed by atoms with Gasteiger partial charge in [0.05, 0.1) is 17.2 Å². The van der Waals surface area contributed by atoms with Gasteiger partial charge in [-0.1, -0.05) is 29.8 Å². The van der Waals surface area contributed by atoms with E-state index in [0.29, 0.717) is 27.7 Å². The maximum absolute atomic E-state index is 10.9. The SMILES string of the molecule is Cc1ccc(Cl)cc1-c1ccc(/C=C(/C#N)c2ccc(C(=O)O)cc2)o1. The molecule has 0 saturated heterocycles. The molecule has 0 spiro atoms. The summed E-state index contributed by atoms with van der Waals surface area (Å²) >= 11 is 6.06. The number of hydrogen-bond donors (Lipinski definition) is 1. The molecule has 128 valence electrons. The van der Waals surface area contributed by atoms with Crippen LogP contribution in [0.4, 0.5) is 0 Å². The Bertz CT molecular complexity index is 1040. The van der Waals surface area contributed by atoms with Gasteiger partial charge in [0.25, 0.3) is 0 Å². The lowest BCUT2D eigenvalue weighted by Gasteiger charge is -2.03. The zero-order valence-electron chi connectivity index (χ0n) is 13.9. The maximum atomic E-state index is 10.9. The third kappa shape index (κ3) is 3.69. The molecule has 1 heterocycles. The summed E-state index contributed by atoms with van der Waals surface area (Å²) in [5, 5.41) is 19.0. The Morgan fingerprint density at radius 2 is 1.81 bits per heavy atom. The molecule has 0 aliphatic carbocycles. The van der Waals surface area contributed by atoms with E-state index >= 15 is 0 Å². The number of nitriles is 1. The maximum Gasteiger partial charge on any atom is 0.335 e. The van der Waals surface area contributed by atoms with E-state index in [1.807, 2.05) is 31.2 Å². The Kier molecular flexibility index (Phi) is 4.92. The molecular weight excluding hydrogens is 350 g/mol. The Balaban J connectivity index is 1.94. The van der Waals surface area contributed by atoms with Crippen LogP contribution in [0, 0.1) is 18.3 Å². The van der Waals surface area contributed by atoms with Crippen molar-refractivity contribution in [1.29, 1.82) is 5.26 Å². The van der Waals surface area contributed by atoms with Crippen LogP contribution in [-0.2, 0) is 0 Å². The van der Waals surface area contributed by atoms with Gasteiger partial charge in [-0.05, 0) is 60.5 Å². The van der Waals surface area contributed by atoms with Crippen LogP contribution in [0.1, 0.15) is 27.2 Å². The fourth-order valence-corrected chi connectivity index (χ4v) is 2.72. The highest BCUT2D eigenvalue weighted by Gasteiger charge is 2.10. The van der Waals surface area contributed by atoms with Crippen molar-refractivity contribution in [2.45, 2.75) is 6.92 Å². The molecule has 0 aliphatic rings. The lowest BCUT2D eigenvalue weighted by atomic mass is 10.0. The fourth-order valence-electron chi connectivity index (χ4n) is 2.55. The van der Waals surface area contributed by atoms with Crippen LogP contribution in [0.2, 0.25) is 5.02 Å². The third-order valence-corrected chi connectivity index (χ3v) is 4.18. The predicted molar refractivity (Wildman–Crippen MR) is 101 cm³/mol. The minimum Gasteiger partial charge on any atom is -0.478 e. The minimum absolute atomic E-state index is 0.169. The highest BCUT2D eigenvalue weighted by atomic mass is 35.5. The number of halogens is 1. The lowest BCUT2D eigenvalue weighted by molar-refractivity contribution is 0.0697. The molecule has 0 aliphatic heterocycles. The molecule has 0 bridgehead atoms. The molecule has 0 radical (unpaired) electrons. The summed E-state index contributed by atoms with van der Waals surface area (Å²) in [4.78, 5) is 10.9. The molecule has 26 heavy (non-hydrogen) atoms. The Morgan fingerprint density at radius 1 is 1.12 bits per heavy atom. The topological polar surface area (TPSA) is 74.2 Å². The number of hydrogen-bond acceptors (Lipinski definition) is 3. The van der Waals surface area contributed by atoms with E-state index in [1.165, 1.54) is 12.1 Å². The first kappa shape index (κ1) is 17.5. The van der Waals surface area contributed by atoms with Crippen LogP contribution in [-0.4, -0.2) is 11.1 Å². The normalized spacial score (nSPS) is 11.2. The monoisotopic (exact) mass is 363 g/mol. The van der Waals surface area contributed by atoms with E-state index in [4.69, 9.17) is 21.1 Å². The molecule has 0 fully saturated rings. The Labute approximate surface area is 155 Å². The van der Waals surface area contributed by atoms with Crippen molar-refractivity contribution < 1.29 is 14.3 Å². The van der Waals surface area contributed by atoms with Gasteiger partial charge in [0, 0.05) is 10.6 Å². The van der Waals surface area contributed by atoms with Crippen LogP contribution in [0.25, 0.3) is 23.0 Å². The van der Waals surface area contributed by atoms with Gasteiger partial charge in [-0.3, -0.25) is 0 Å². The smallest absolute Gasteiger partial charge is 0.335 e. The summed E-state index contributed by atoms with van der Waals surface area (Å²) in [6, 6.07) is 17.4. The van der Waals surface area contributed by atoms with Gasteiger partial charge in [-0.25, -0.2) is 4.79 Å². The number of carboxylic acid groups (broad SMARTS) is 1. The third-order valence-electron chi connectivity index (χ3n) is 3.94. The number of nitrogens with zero attached hydrogens (tertiary/aromatic N) is 1. The number of rotatable bonds is 4. The Hall–Kier alpha value is -3.29. The molecule has 1 aromatic heterocycles. The van der Waals surface area contributed by atoms with Gasteiger partial charge >= 0.3 is 5.97 Å². The van der Waals surface area contributed by atoms with Crippen molar-refractivity contribution in [2.75, 3.05) is 0 Å². The molecule has 4 nitrogen and oxygen atoms in total. The summed E-state index contributed by atoms with van der Waals surface area (Å²) in [6.45, 7) is 1.97. The summed E-state index contributed by atoms with van der Waals surface area (Å²) in [7, 11) is 0. The second-order valence-corrected chi connectivity index (χ2v) is 6.15. The van der Waals surface area contributed by atoms with E-state index < -0.39 is 5.97 Å². The number of carboxylic acids is 1. The summed E-state index contributed by atoms with van der Waals surface area (Å²) < 4.78 is 5.84. The summed E-state index contributed by atoms with van der Waals surface area (Å²) in [5.74, 6) is 0.180. The average molecular weight is 364 g/mol. The number of furan rings is 1. The molecule has 5 heteroatoms. The zero-order chi connectivity index (χ0) is 18.7. The second-order valence-electron chi connectivity index (χ2n) is 5.71. The fraction of sp³-hybridized carbons (Fsp3) is 0.0476. The van der Waals surface area contributed by atoms with Crippen molar-refractivity contribution in [3.63, 3.8) is 0 Å². The van der Waals surface area contributed by atoms with E-state index in [1.54, 1.807) is 24.3 Å². The first-order valence-corrected chi connectivity index (χ1v) is 8.17. The molecule has 0 saturated carbocycles. The molecular formula is C21H14ClNO3. The zero-order valence-corrected chi connectivity index (χ0v) is 14.6. The summed E-state index contributed by atoms with van der Waals surface area (Å²) in [5.41, 5.74) is 3.09. The molecule has 0 atom stereocenters. The molecule has 0 unspecified atom stereocenters. The van der Waals surface area contributed by atoms with Crippen molar-refractivity contribution in [2.24, 2.45) is 0 Å². The Morgan fingerprint density at radius 3 is 2.46 bits per heavy atom. The van der Waals surface area contributed by atoms with Crippen LogP contribution in [0.5, 0.6) is 0 Å². The molecule has 1 N–H and O–H groups in total. The predicted octanol–water partition coefficient (Wildman–Crippen LogP) is 5.67. The quantitative estimate of drug-likeness (QED) is 0.606. The van der Waals surface area contributed by atoms with Crippen molar-refractivity contribution in [1.82, 2.24) is 0 Å². The first-order chi connectivity index (χ1) is 12.5. The number of benzene rings is 2. The highest BCUT2D eigenvalue weighted by molar-refractivity contribution is 6.30. The van der Waals surface area contributed by atoms with Crippen LogP contribution < -0.4 is 0 Å². The van der Waals surface area contributed by atoms with Crippen molar-refractivity contribution in [3.05, 3.63) is 82.1 Å². The minimum atomic E-state index is -1.01. The highest BCUT2D eigenvalue weighted by Crippen LogP contribution is 2.29. The molecule has 0 amide bonds. The first-order valence-electron chi connectivity index (χ1n) is 7.80. The molecule has 3 aromatic rings. The summed E-state index contributed by atoms with van der Waals surface area (Å²) in [6.07, 6.45) is 1.62.